The fourth-order valence-electron chi connectivity index (χ4n) is 1.75. The zero-order valence-electron chi connectivity index (χ0n) is 12.4. The van der Waals surface area contributed by atoms with Gasteiger partial charge in [0.05, 0.1) is 12.4 Å². The summed E-state index contributed by atoms with van der Waals surface area (Å²) in [6.07, 6.45) is 1.64. The Balaban J connectivity index is 1.87. The van der Waals surface area contributed by atoms with Crippen LogP contribution < -0.4 is 5.32 Å². The van der Waals surface area contributed by atoms with E-state index in [4.69, 9.17) is 4.74 Å². The number of rotatable bonds is 7. The minimum atomic E-state index is -0.0759. The van der Waals surface area contributed by atoms with Crippen LogP contribution in [0.2, 0.25) is 0 Å². The van der Waals surface area contributed by atoms with E-state index in [1.807, 2.05) is 29.7 Å². The van der Waals surface area contributed by atoms with Crippen molar-refractivity contribution in [1.29, 1.82) is 0 Å². The minimum Gasteiger partial charge on any atom is -0.383 e. The van der Waals surface area contributed by atoms with E-state index in [0.717, 1.165) is 15.7 Å². The Morgan fingerprint density at radius 3 is 3.05 bits per heavy atom. The normalized spacial score (nSPS) is 10.7. The van der Waals surface area contributed by atoms with Crippen LogP contribution in [0.15, 0.2) is 34.2 Å². The van der Waals surface area contributed by atoms with Gasteiger partial charge in [-0.3, -0.25) is 4.79 Å². The van der Waals surface area contributed by atoms with Crippen LogP contribution >= 0.6 is 27.7 Å². The van der Waals surface area contributed by atoms with Crippen molar-refractivity contribution < 1.29 is 9.53 Å². The predicted molar refractivity (Wildman–Crippen MR) is 90.1 cm³/mol. The summed E-state index contributed by atoms with van der Waals surface area (Å²) < 4.78 is 7.91. The first-order chi connectivity index (χ1) is 10.6. The van der Waals surface area contributed by atoms with Gasteiger partial charge in [0.15, 0.2) is 5.16 Å². The Labute approximate surface area is 141 Å². The summed E-state index contributed by atoms with van der Waals surface area (Å²) in [6.45, 7) is 3.22. The third-order valence-corrected chi connectivity index (χ3v) is 4.76. The second kappa shape index (κ2) is 8.30. The number of hydrogen-bond donors (Lipinski definition) is 1. The smallest absolute Gasteiger partial charge is 0.234 e. The molecule has 1 N–H and O–H groups in total. The Hall–Kier alpha value is -1.38. The average Bonchev–Trinajstić information content (AvgIpc) is 2.94. The first kappa shape index (κ1) is 17.0. The third-order valence-electron chi connectivity index (χ3n) is 2.89. The van der Waals surface area contributed by atoms with Crippen molar-refractivity contribution in [2.75, 3.05) is 24.8 Å². The molecule has 22 heavy (non-hydrogen) atoms. The topological polar surface area (TPSA) is 69.0 Å². The molecule has 0 spiro atoms. The highest BCUT2D eigenvalue weighted by Gasteiger charge is 2.09. The first-order valence-electron chi connectivity index (χ1n) is 6.65. The standard InChI is InChI=1S/C14H17BrN4O2S/c1-10-7-11(3-4-12(10)15)17-13(20)8-22-14-18-16-9-19(14)5-6-21-2/h3-4,7,9H,5-6,8H2,1-2H3,(H,17,20). The molecular weight excluding hydrogens is 368 g/mol. The van der Waals surface area contributed by atoms with Crippen LogP contribution in [0.4, 0.5) is 5.69 Å². The number of ether oxygens (including phenoxy) is 1. The van der Waals surface area contributed by atoms with Gasteiger partial charge in [0.2, 0.25) is 5.91 Å². The average molecular weight is 385 g/mol. The summed E-state index contributed by atoms with van der Waals surface area (Å²) in [6, 6.07) is 5.70. The van der Waals surface area contributed by atoms with E-state index in [9.17, 15) is 4.79 Å². The maximum Gasteiger partial charge on any atom is 0.234 e. The van der Waals surface area contributed by atoms with Crippen LogP contribution in [0.1, 0.15) is 5.56 Å². The van der Waals surface area contributed by atoms with Gasteiger partial charge in [0.1, 0.15) is 6.33 Å². The third kappa shape index (κ3) is 4.82. The fraction of sp³-hybridized carbons (Fsp3) is 0.357. The van der Waals surface area contributed by atoms with E-state index >= 15 is 0 Å². The van der Waals surface area contributed by atoms with Crippen molar-refractivity contribution in [1.82, 2.24) is 14.8 Å². The molecule has 1 amide bonds. The number of aromatic nitrogens is 3. The first-order valence-corrected chi connectivity index (χ1v) is 8.43. The number of benzene rings is 1. The number of amides is 1. The SMILES string of the molecule is COCCn1cnnc1SCC(=O)Nc1ccc(Br)c(C)c1. The second-order valence-electron chi connectivity index (χ2n) is 4.60. The number of methoxy groups -OCH3 is 1. The number of hydrogen-bond acceptors (Lipinski definition) is 5. The molecule has 2 rings (SSSR count). The van der Waals surface area contributed by atoms with Gasteiger partial charge in [-0.25, -0.2) is 0 Å². The van der Waals surface area contributed by atoms with E-state index in [2.05, 4.69) is 31.4 Å². The molecule has 1 aromatic heterocycles. The van der Waals surface area contributed by atoms with Gasteiger partial charge in [-0.2, -0.15) is 0 Å². The Bertz CT molecular complexity index is 648. The number of nitrogens with one attached hydrogen (secondary N) is 1. The molecule has 0 fully saturated rings. The van der Waals surface area contributed by atoms with E-state index in [1.54, 1.807) is 13.4 Å². The number of thioether (sulfide) groups is 1. The van der Waals surface area contributed by atoms with Crippen molar-refractivity contribution in [2.24, 2.45) is 0 Å². The second-order valence-corrected chi connectivity index (χ2v) is 6.40. The van der Waals surface area contributed by atoms with Crippen LogP contribution in [0.5, 0.6) is 0 Å². The predicted octanol–water partition coefficient (Wildman–Crippen LogP) is 2.73. The maximum absolute atomic E-state index is 12.0. The summed E-state index contributed by atoms with van der Waals surface area (Å²) >= 11 is 4.79. The lowest BCUT2D eigenvalue weighted by molar-refractivity contribution is -0.113. The highest BCUT2D eigenvalue weighted by Crippen LogP contribution is 2.21. The molecule has 0 saturated carbocycles. The van der Waals surface area contributed by atoms with Crippen LogP contribution in [-0.4, -0.2) is 40.1 Å². The molecule has 0 bridgehead atoms. The lowest BCUT2D eigenvalue weighted by Gasteiger charge is -2.08. The number of carbonyl (C=O) groups is 1. The van der Waals surface area contributed by atoms with Crippen molar-refractivity contribution >= 4 is 39.3 Å². The number of aryl methyl sites for hydroxylation is 1. The summed E-state index contributed by atoms with van der Waals surface area (Å²) in [4.78, 5) is 12.0. The summed E-state index contributed by atoms with van der Waals surface area (Å²) in [5, 5.41) is 11.4. The zero-order valence-corrected chi connectivity index (χ0v) is 14.8. The molecule has 118 valence electrons. The maximum atomic E-state index is 12.0. The van der Waals surface area contributed by atoms with Crippen LogP contribution in [-0.2, 0) is 16.1 Å². The van der Waals surface area contributed by atoms with Gasteiger partial charge in [-0.1, -0.05) is 27.7 Å². The summed E-state index contributed by atoms with van der Waals surface area (Å²) in [5.41, 5.74) is 1.86. The van der Waals surface area contributed by atoms with Crippen LogP contribution in [0.25, 0.3) is 0 Å². The van der Waals surface area contributed by atoms with E-state index in [0.29, 0.717) is 18.3 Å². The number of anilines is 1. The number of carbonyl (C=O) groups excluding carboxylic acids is 1. The van der Waals surface area contributed by atoms with E-state index in [-0.39, 0.29) is 11.7 Å². The van der Waals surface area contributed by atoms with Crippen molar-refractivity contribution in [2.45, 2.75) is 18.6 Å². The summed E-state index contributed by atoms with van der Waals surface area (Å²) in [5.74, 6) is 0.203. The largest absolute Gasteiger partial charge is 0.383 e. The molecule has 0 aliphatic rings. The molecule has 0 unspecified atom stereocenters. The molecule has 2 aromatic rings. The zero-order chi connectivity index (χ0) is 15.9. The van der Waals surface area contributed by atoms with Crippen molar-refractivity contribution in [3.05, 3.63) is 34.6 Å². The van der Waals surface area contributed by atoms with Gasteiger partial charge < -0.3 is 14.6 Å². The molecule has 8 heteroatoms. The quantitative estimate of drug-likeness (QED) is 0.743. The Kier molecular flexibility index (Phi) is 6.41. The van der Waals surface area contributed by atoms with Gasteiger partial charge in [-0.05, 0) is 30.7 Å². The van der Waals surface area contributed by atoms with E-state index in [1.165, 1.54) is 11.8 Å². The lowest BCUT2D eigenvalue weighted by atomic mass is 10.2. The number of nitrogens with zero attached hydrogens (tertiary/aromatic N) is 3. The van der Waals surface area contributed by atoms with Gasteiger partial charge in [0.25, 0.3) is 0 Å². The fourth-order valence-corrected chi connectivity index (χ4v) is 2.74. The van der Waals surface area contributed by atoms with Crippen LogP contribution in [0, 0.1) is 6.92 Å². The van der Waals surface area contributed by atoms with Gasteiger partial charge in [0, 0.05) is 23.8 Å². The highest BCUT2D eigenvalue weighted by atomic mass is 79.9. The molecule has 1 heterocycles. The molecule has 0 atom stereocenters. The molecule has 0 saturated heterocycles. The minimum absolute atomic E-state index is 0.0759. The molecule has 1 aromatic carbocycles. The van der Waals surface area contributed by atoms with Gasteiger partial charge in [-0.15, -0.1) is 10.2 Å². The van der Waals surface area contributed by atoms with E-state index < -0.39 is 0 Å². The van der Waals surface area contributed by atoms with Crippen molar-refractivity contribution in [3.8, 4) is 0 Å². The monoisotopic (exact) mass is 384 g/mol. The molecule has 6 nitrogen and oxygen atoms in total. The highest BCUT2D eigenvalue weighted by molar-refractivity contribution is 9.10. The lowest BCUT2D eigenvalue weighted by Crippen LogP contribution is -2.15. The Morgan fingerprint density at radius 2 is 2.32 bits per heavy atom. The number of halogens is 1. The van der Waals surface area contributed by atoms with Crippen LogP contribution in [0.3, 0.4) is 0 Å². The van der Waals surface area contributed by atoms with Crippen molar-refractivity contribution in [3.63, 3.8) is 0 Å². The molecule has 0 aliphatic carbocycles. The molecule has 0 aliphatic heterocycles. The molecular formula is C14H17BrN4O2S. The summed E-state index contributed by atoms with van der Waals surface area (Å²) in [7, 11) is 1.64. The Morgan fingerprint density at radius 1 is 1.50 bits per heavy atom. The van der Waals surface area contributed by atoms with Gasteiger partial charge >= 0.3 is 0 Å². The molecule has 0 radical (unpaired) electrons.